The van der Waals surface area contributed by atoms with E-state index in [9.17, 15) is 9.59 Å². The zero-order valence-electron chi connectivity index (χ0n) is 11.7. The van der Waals surface area contributed by atoms with Gasteiger partial charge in [-0.05, 0) is 24.3 Å². The fourth-order valence-electron chi connectivity index (χ4n) is 2.30. The maximum Gasteiger partial charge on any atom is 0.335 e. The lowest BCUT2D eigenvalue weighted by atomic mass is 10.1. The molecule has 0 atom stereocenters. The van der Waals surface area contributed by atoms with Crippen LogP contribution in [0.1, 0.15) is 10.4 Å². The zero-order valence-corrected chi connectivity index (χ0v) is 11.7. The van der Waals surface area contributed by atoms with Gasteiger partial charge in [0.1, 0.15) is 22.5 Å². The van der Waals surface area contributed by atoms with Gasteiger partial charge < -0.3 is 14.3 Å². The summed E-state index contributed by atoms with van der Waals surface area (Å²) in [6.45, 7) is 0. The predicted molar refractivity (Wildman–Crippen MR) is 81.4 cm³/mol. The number of methoxy groups -OCH3 is 1. The van der Waals surface area contributed by atoms with E-state index in [0.717, 1.165) is 0 Å². The van der Waals surface area contributed by atoms with E-state index in [1.54, 1.807) is 30.3 Å². The van der Waals surface area contributed by atoms with Crippen LogP contribution in [0.3, 0.4) is 0 Å². The Balaban J connectivity index is 2.23. The molecule has 0 saturated heterocycles. The molecule has 0 spiro atoms. The van der Waals surface area contributed by atoms with Gasteiger partial charge in [0.05, 0.1) is 12.7 Å². The van der Waals surface area contributed by atoms with E-state index in [1.807, 2.05) is 0 Å². The van der Waals surface area contributed by atoms with Crippen LogP contribution >= 0.6 is 0 Å². The molecule has 5 heteroatoms. The van der Waals surface area contributed by atoms with Gasteiger partial charge in [0.15, 0.2) is 5.43 Å². The molecular formula is C17H12O5. The molecule has 3 rings (SSSR count). The van der Waals surface area contributed by atoms with Gasteiger partial charge in [-0.15, -0.1) is 0 Å². The molecule has 110 valence electrons. The minimum atomic E-state index is -1.04. The van der Waals surface area contributed by atoms with Gasteiger partial charge >= 0.3 is 5.97 Å². The topological polar surface area (TPSA) is 76.7 Å². The molecule has 22 heavy (non-hydrogen) atoms. The molecule has 0 fully saturated rings. The van der Waals surface area contributed by atoms with E-state index in [-0.39, 0.29) is 11.0 Å². The van der Waals surface area contributed by atoms with Crippen molar-refractivity contribution in [2.24, 2.45) is 0 Å². The highest BCUT2D eigenvalue weighted by Crippen LogP contribution is 2.27. The minimum Gasteiger partial charge on any atom is -0.496 e. The highest BCUT2D eigenvalue weighted by molar-refractivity contribution is 5.89. The quantitative estimate of drug-likeness (QED) is 0.803. The van der Waals surface area contributed by atoms with Crippen molar-refractivity contribution in [3.63, 3.8) is 0 Å². The highest BCUT2D eigenvalue weighted by atomic mass is 16.5. The smallest absolute Gasteiger partial charge is 0.335 e. The van der Waals surface area contributed by atoms with Gasteiger partial charge in [0.25, 0.3) is 0 Å². The Morgan fingerprint density at radius 3 is 2.64 bits per heavy atom. The normalized spacial score (nSPS) is 10.6. The van der Waals surface area contributed by atoms with Gasteiger partial charge in [0, 0.05) is 11.6 Å². The molecule has 5 nitrogen and oxygen atoms in total. The standard InChI is InChI=1S/C17H12O5/c1-21-13-6-3-7-14-16(13)12(18)9-15(22-14)10-4-2-5-11(8-10)17(19)20/h2-9H,1H3,(H,19,20). The maximum absolute atomic E-state index is 12.3. The number of hydrogen-bond acceptors (Lipinski definition) is 4. The average molecular weight is 296 g/mol. The number of benzene rings is 2. The van der Waals surface area contributed by atoms with Crippen LogP contribution in [-0.4, -0.2) is 18.2 Å². The average Bonchev–Trinajstić information content (AvgIpc) is 2.54. The molecule has 2 aromatic carbocycles. The predicted octanol–water partition coefficient (Wildman–Crippen LogP) is 3.17. The highest BCUT2D eigenvalue weighted by Gasteiger charge is 2.12. The zero-order chi connectivity index (χ0) is 15.7. The summed E-state index contributed by atoms with van der Waals surface area (Å²) in [5, 5.41) is 9.41. The molecule has 0 unspecified atom stereocenters. The third-order valence-corrected chi connectivity index (χ3v) is 3.33. The molecule has 0 radical (unpaired) electrons. The number of rotatable bonds is 3. The number of hydrogen-bond donors (Lipinski definition) is 1. The fourth-order valence-corrected chi connectivity index (χ4v) is 2.30. The van der Waals surface area contributed by atoms with E-state index in [0.29, 0.717) is 28.0 Å². The van der Waals surface area contributed by atoms with Crippen molar-refractivity contribution < 1.29 is 19.1 Å². The Morgan fingerprint density at radius 2 is 1.91 bits per heavy atom. The minimum absolute atomic E-state index is 0.130. The van der Waals surface area contributed by atoms with Gasteiger partial charge in [0.2, 0.25) is 0 Å². The molecule has 0 aliphatic rings. The molecular weight excluding hydrogens is 284 g/mol. The van der Waals surface area contributed by atoms with Crippen molar-refractivity contribution in [1.29, 1.82) is 0 Å². The van der Waals surface area contributed by atoms with E-state index < -0.39 is 5.97 Å². The van der Waals surface area contributed by atoms with Crippen LogP contribution in [0.5, 0.6) is 5.75 Å². The van der Waals surface area contributed by atoms with Crippen LogP contribution in [0.15, 0.2) is 57.7 Å². The number of aromatic carboxylic acids is 1. The third-order valence-electron chi connectivity index (χ3n) is 3.33. The van der Waals surface area contributed by atoms with Crippen molar-refractivity contribution in [3.05, 3.63) is 64.3 Å². The van der Waals surface area contributed by atoms with Crippen LogP contribution in [0.2, 0.25) is 0 Å². The number of fused-ring (bicyclic) bond motifs is 1. The summed E-state index contributed by atoms with van der Waals surface area (Å²) in [4.78, 5) is 23.4. The Morgan fingerprint density at radius 1 is 1.14 bits per heavy atom. The molecule has 0 aliphatic heterocycles. The molecule has 1 heterocycles. The Kier molecular flexibility index (Phi) is 3.39. The second-order valence-corrected chi connectivity index (χ2v) is 4.69. The summed E-state index contributed by atoms with van der Waals surface area (Å²) in [6, 6.07) is 12.7. The fraction of sp³-hybridized carbons (Fsp3) is 0.0588. The monoisotopic (exact) mass is 296 g/mol. The van der Waals surface area contributed by atoms with Crippen LogP contribution in [0, 0.1) is 0 Å². The molecule has 0 bridgehead atoms. The summed E-state index contributed by atoms with van der Waals surface area (Å²) in [5.41, 5.74) is 0.810. The Labute approximate surface area is 125 Å². The Hall–Kier alpha value is -3.08. The lowest BCUT2D eigenvalue weighted by Gasteiger charge is -2.07. The summed E-state index contributed by atoms with van der Waals surface area (Å²) in [7, 11) is 1.48. The van der Waals surface area contributed by atoms with Gasteiger partial charge in [-0.25, -0.2) is 4.79 Å². The van der Waals surface area contributed by atoms with Crippen molar-refractivity contribution in [1.82, 2.24) is 0 Å². The van der Waals surface area contributed by atoms with Gasteiger partial charge in [-0.2, -0.15) is 0 Å². The molecule has 0 amide bonds. The van der Waals surface area contributed by atoms with Crippen LogP contribution in [0.4, 0.5) is 0 Å². The first-order valence-electron chi connectivity index (χ1n) is 6.55. The molecule has 3 aromatic rings. The first-order chi connectivity index (χ1) is 10.6. The lowest BCUT2D eigenvalue weighted by molar-refractivity contribution is 0.0697. The third kappa shape index (κ3) is 2.33. The first kappa shape index (κ1) is 13.9. The summed E-state index contributed by atoms with van der Waals surface area (Å²) >= 11 is 0. The number of ether oxygens (including phenoxy) is 1. The Bertz CT molecular complexity index is 924. The van der Waals surface area contributed by atoms with Crippen LogP contribution in [0.25, 0.3) is 22.3 Å². The second-order valence-electron chi connectivity index (χ2n) is 4.69. The van der Waals surface area contributed by atoms with E-state index >= 15 is 0 Å². The van der Waals surface area contributed by atoms with Crippen LogP contribution in [-0.2, 0) is 0 Å². The van der Waals surface area contributed by atoms with Crippen LogP contribution < -0.4 is 10.2 Å². The summed E-state index contributed by atoms with van der Waals surface area (Å²) in [5.74, 6) is -0.280. The van der Waals surface area contributed by atoms with Crippen molar-refractivity contribution in [3.8, 4) is 17.1 Å². The largest absolute Gasteiger partial charge is 0.496 e. The van der Waals surface area contributed by atoms with Crippen molar-refractivity contribution in [2.75, 3.05) is 7.11 Å². The summed E-state index contributed by atoms with van der Waals surface area (Å²) < 4.78 is 10.9. The lowest BCUT2D eigenvalue weighted by Crippen LogP contribution is -2.03. The van der Waals surface area contributed by atoms with E-state index in [2.05, 4.69) is 0 Å². The molecule has 0 aliphatic carbocycles. The summed E-state index contributed by atoms with van der Waals surface area (Å²) in [6.07, 6.45) is 0. The van der Waals surface area contributed by atoms with Gasteiger partial charge in [-0.1, -0.05) is 18.2 Å². The number of carbonyl (C=O) groups is 1. The molecule has 1 aromatic heterocycles. The number of carboxylic acids is 1. The number of carboxylic acid groups (broad SMARTS) is 1. The molecule has 1 N–H and O–H groups in total. The van der Waals surface area contributed by atoms with E-state index in [4.69, 9.17) is 14.3 Å². The first-order valence-corrected chi connectivity index (χ1v) is 6.55. The second kappa shape index (κ2) is 5.37. The van der Waals surface area contributed by atoms with Gasteiger partial charge in [-0.3, -0.25) is 4.79 Å². The van der Waals surface area contributed by atoms with E-state index in [1.165, 1.54) is 25.3 Å². The maximum atomic E-state index is 12.3. The SMILES string of the molecule is COc1cccc2oc(-c3cccc(C(=O)O)c3)cc(=O)c12. The van der Waals surface area contributed by atoms with Crippen molar-refractivity contribution >= 4 is 16.9 Å². The molecule has 0 saturated carbocycles. The van der Waals surface area contributed by atoms with Crippen molar-refractivity contribution in [2.45, 2.75) is 0 Å².